The van der Waals surface area contributed by atoms with Crippen LogP contribution >= 0.6 is 11.6 Å². The third-order valence-electron chi connectivity index (χ3n) is 3.11. The Bertz CT molecular complexity index is 799. The smallest absolute Gasteiger partial charge is 0.341 e. The van der Waals surface area contributed by atoms with E-state index < -0.39 is 29.6 Å². The quantitative estimate of drug-likeness (QED) is 0.651. The van der Waals surface area contributed by atoms with Gasteiger partial charge in [-0.15, -0.1) is 0 Å². The van der Waals surface area contributed by atoms with E-state index in [1.165, 1.54) is 25.1 Å². The fourth-order valence-electron chi connectivity index (χ4n) is 1.82. The molecule has 0 bridgehead atoms. The second-order valence-corrected chi connectivity index (χ2v) is 5.27. The van der Waals surface area contributed by atoms with E-state index in [-0.39, 0.29) is 22.0 Å². The van der Waals surface area contributed by atoms with Crippen molar-refractivity contribution in [3.8, 4) is 0 Å². The van der Waals surface area contributed by atoms with Crippen molar-refractivity contribution in [2.24, 2.45) is 0 Å². The molecule has 0 aliphatic heterocycles. The number of nitrogens with two attached hydrogens (primary N) is 1. The number of amides is 1. The van der Waals surface area contributed by atoms with Gasteiger partial charge in [0.25, 0.3) is 5.91 Å². The highest BCUT2D eigenvalue weighted by atomic mass is 35.5. The van der Waals surface area contributed by atoms with E-state index >= 15 is 0 Å². The maximum Gasteiger partial charge on any atom is 0.341 e. The number of carbonyl (C=O) groups is 2. The summed E-state index contributed by atoms with van der Waals surface area (Å²) >= 11 is 5.81. The van der Waals surface area contributed by atoms with E-state index in [9.17, 15) is 18.4 Å². The highest BCUT2D eigenvalue weighted by Crippen LogP contribution is 2.23. The molecule has 2 rings (SSSR count). The summed E-state index contributed by atoms with van der Waals surface area (Å²) in [6.45, 7) is 1.28. The summed E-state index contributed by atoms with van der Waals surface area (Å²) < 4.78 is 31.6. The van der Waals surface area contributed by atoms with Crippen LogP contribution in [0.3, 0.4) is 0 Å². The van der Waals surface area contributed by atoms with E-state index in [1.807, 2.05) is 0 Å². The molecule has 0 aliphatic rings. The Kier molecular flexibility index (Phi) is 5.35. The second-order valence-electron chi connectivity index (χ2n) is 4.86. The number of carbonyl (C=O) groups excluding carboxylic acids is 2. The Balaban J connectivity index is 2.07. The zero-order valence-corrected chi connectivity index (χ0v) is 13.2. The number of ether oxygens (including phenoxy) is 1. The molecular formula is C16H13ClF2N2O3. The lowest BCUT2D eigenvalue weighted by Crippen LogP contribution is -2.30. The molecular weight excluding hydrogens is 342 g/mol. The zero-order valence-electron chi connectivity index (χ0n) is 12.5. The van der Waals surface area contributed by atoms with Crippen LogP contribution in [0.1, 0.15) is 17.3 Å². The monoisotopic (exact) mass is 354 g/mol. The number of rotatable bonds is 4. The number of para-hydroxylation sites is 1. The molecule has 0 fully saturated rings. The van der Waals surface area contributed by atoms with Crippen LogP contribution in [0.25, 0.3) is 0 Å². The molecule has 2 aromatic carbocycles. The van der Waals surface area contributed by atoms with Gasteiger partial charge >= 0.3 is 5.97 Å². The fourth-order valence-corrected chi connectivity index (χ4v) is 1.99. The number of esters is 1. The Morgan fingerprint density at radius 1 is 1.25 bits per heavy atom. The van der Waals surface area contributed by atoms with Gasteiger partial charge in [0.05, 0.1) is 22.0 Å². The molecule has 0 saturated carbocycles. The van der Waals surface area contributed by atoms with Crippen LogP contribution in [0.5, 0.6) is 0 Å². The minimum absolute atomic E-state index is 0.000846. The van der Waals surface area contributed by atoms with Crippen molar-refractivity contribution in [3.05, 3.63) is 58.6 Å². The highest BCUT2D eigenvalue weighted by Gasteiger charge is 2.22. The van der Waals surface area contributed by atoms with Gasteiger partial charge in [-0.25, -0.2) is 13.6 Å². The molecule has 1 amide bonds. The van der Waals surface area contributed by atoms with E-state index in [1.54, 1.807) is 0 Å². The van der Waals surface area contributed by atoms with E-state index in [4.69, 9.17) is 22.1 Å². The van der Waals surface area contributed by atoms with Crippen LogP contribution in [0.15, 0.2) is 36.4 Å². The molecule has 0 aliphatic carbocycles. The van der Waals surface area contributed by atoms with Crippen LogP contribution in [0, 0.1) is 11.6 Å². The Morgan fingerprint density at radius 2 is 1.96 bits per heavy atom. The minimum atomic E-state index is -1.27. The topological polar surface area (TPSA) is 81.4 Å². The Morgan fingerprint density at radius 3 is 2.67 bits per heavy atom. The largest absolute Gasteiger partial charge is 0.449 e. The van der Waals surface area contributed by atoms with Crippen molar-refractivity contribution in [1.82, 2.24) is 0 Å². The van der Waals surface area contributed by atoms with Crippen molar-refractivity contribution in [2.75, 3.05) is 11.1 Å². The summed E-state index contributed by atoms with van der Waals surface area (Å²) in [5.74, 6) is -3.23. The van der Waals surface area contributed by atoms with Gasteiger partial charge in [0.2, 0.25) is 0 Å². The molecule has 0 radical (unpaired) electrons. The molecule has 24 heavy (non-hydrogen) atoms. The van der Waals surface area contributed by atoms with Crippen LogP contribution in [-0.2, 0) is 9.53 Å². The minimum Gasteiger partial charge on any atom is -0.449 e. The average Bonchev–Trinajstić information content (AvgIpc) is 2.53. The predicted octanol–water partition coefficient (Wildman–Crippen LogP) is 3.38. The van der Waals surface area contributed by atoms with Gasteiger partial charge in [-0.2, -0.15) is 0 Å². The SMILES string of the molecule is CC(OC(=O)c1cccc(Cl)c1N)C(=O)Nc1cc(F)ccc1F. The van der Waals surface area contributed by atoms with Crippen molar-refractivity contribution < 1.29 is 23.1 Å². The number of nitrogens with one attached hydrogen (secondary N) is 1. The van der Waals surface area contributed by atoms with E-state index in [2.05, 4.69) is 5.32 Å². The molecule has 0 heterocycles. The van der Waals surface area contributed by atoms with Crippen LogP contribution in [0.2, 0.25) is 5.02 Å². The van der Waals surface area contributed by atoms with Gasteiger partial charge in [-0.1, -0.05) is 17.7 Å². The molecule has 0 spiro atoms. The summed E-state index contributed by atoms with van der Waals surface area (Å²) in [7, 11) is 0. The van der Waals surface area contributed by atoms with Gasteiger partial charge in [-0.05, 0) is 31.2 Å². The Labute approximate surface area is 141 Å². The second kappa shape index (κ2) is 7.27. The molecule has 0 saturated heterocycles. The summed E-state index contributed by atoms with van der Waals surface area (Å²) in [5.41, 5.74) is 5.33. The normalized spacial score (nSPS) is 11.7. The third-order valence-corrected chi connectivity index (χ3v) is 3.44. The lowest BCUT2D eigenvalue weighted by Gasteiger charge is -2.15. The number of hydrogen-bond donors (Lipinski definition) is 2. The first-order valence-corrected chi connectivity index (χ1v) is 7.18. The molecule has 1 unspecified atom stereocenters. The number of anilines is 2. The zero-order chi connectivity index (χ0) is 17.9. The van der Waals surface area contributed by atoms with Gasteiger partial charge in [-0.3, -0.25) is 4.79 Å². The molecule has 126 valence electrons. The summed E-state index contributed by atoms with van der Waals surface area (Å²) in [4.78, 5) is 24.0. The van der Waals surface area contributed by atoms with Crippen LogP contribution < -0.4 is 11.1 Å². The van der Waals surface area contributed by atoms with Crippen molar-refractivity contribution in [3.63, 3.8) is 0 Å². The summed E-state index contributed by atoms with van der Waals surface area (Å²) in [5, 5.41) is 2.31. The molecule has 1 atom stereocenters. The van der Waals surface area contributed by atoms with Crippen molar-refractivity contribution in [2.45, 2.75) is 13.0 Å². The Hall–Kier alpha value is -2.67. The first-order valence-electron chi connectivity index (χ1n) is 6.80. The standard InChI is InChI=1S/C16H13ClF2N2O3/c1-8(15(22)21-13-7-9(18)5-6-12(13)19)24-16(23)10-3-2-4-11(17)14(10)20/h2-8H,20H2,1H3,(H,21,22). The first-order chi connectivity index (χ1) is 11.3. The lowest BCUT2D eigenvalue weighted by atomic mass is 10.2. The molecule has 0 aromatic heterocycles. The fraction of sp³-hybridized carbons (Fsp3) is 0.125. The van der Waals surface area contributed by atoms with Gasteiger partial charge < -0.3 is 15.8 Å². The third kappa shape index (κ3) is 3.99. The first kappa shape index (κ1) is 17.7. The predicted molar refractivity (Wildman–Crippen MR) is 85.7 cm³/mol. The molecule has 8 heteroatoms. The van der Waals surface area contributed by atoms with Crippen molar-refractivity contribution in [1.29, 1.82) is 0 Å². The van der Waals surface area contributed by atoms with Gasteiger partial charge in [0, 0.05) is 6.07 Å². The summed E-state index contributed by atoms with van der Waals surface area (Å²) in [6.07, 6.45) is -1.27. The van der Waals surface area contributed by atoms with Gasteiger partial charge in [0.1, 0.15) is 11.6 Å². The van der Waals surface area contributed by atoms with Crippen LogP contribution in [-0.4, -0.2) is 18.0 Å². The lowest BCUT2D eigenvalue weighted by molar-refractivity contribution is -0.123. The van der Waals surface area contributed by atoms with Crippen molar-refractivity contribution >= 4 is 34.9 Å². The number of hydrogen-bond acceptors (Lipinski definition) is 4. The number of halogens is 3. The molecule has 3 N–H and O–H groups in total. The maximum absolute atomic E-state index is 13.5. The average molecular weight is 355 g/mol. The van der Waals surface area contributed by atoms with E-state index in [0.717, 1.165) is 18.2 Å². The van der Waals surface area contributed by atoms with E-state index in [0.29, 0.717) is 0 Å². The highest BCUT2D eigenvalue weighted by molar-refractivity contribution is 6.33. The molecule has 2 aromatic rings. The molecule has 5 nitrogen and oxygen atoms in total. The summed E-state index contributed by atoms with van der Waals surface area (Å²) in [6, 6.07) is 6.99. The maximum atomic E-state index is 13.5. The number of nitrogen functional groups attached to an aromatic ring is 1. The number of benzene rings is 2. The van der Waals surface area contributed by atoms with Crippen LogP contribution in [0.4, 0.5) is 20.2 Å². The van der Waals surface area contributed by atoms with Gasteiger partial charge in [0.15, 0.2) is 6.10 Å².